The van der Waals surface area contributed by atoms with E-state index >= 15 is 0 Å². The van der Waals surface area contributed by atoms with Gasteiger partial charge in [-0.2, -0.15) is 4.98 Å². The predicted molar refractivity (Wildman–Crippen MR) is 68.1 cm³/mol. The highest BCUT2D eigenvalue weighted by Gasteiger charge is 2.28. The number of pyridine rings is 1. The molecule has 0 amide bonds. The summed E-state index contributed by atoms with van der Waals surface area (Å²) in [4.78, 5) is 4.45. The first-order valence-corrected chi connectivity index (χ1v) is 6.31. The first-order valence-electron chi connectivity index (χ1n) is 6.31. The number of nitrogens with zero attached hydrogens (tertiary/aromatic N) is 3. The maximum absolute atomic E-state index is 4.45. The Bertz CT molecular complexity index is 478. The van der Waals surface area contributed by atoms with Gasteiger partial charge in [0.2, 0.25) is 5.95 Å². The van der Waals surface area contributed by atoms with Crippen LogP contribution in [0.4, 0.5) is 5.95 Å². The molecule has 17 heavy (non-hydrogen) atoms. The van der Waals surface area contributed by atoms with Crippen LogP contribution in [0.3, 0.4) is 0 Å². The van der Waals surface area contributed by atoms with Crippen molar-refractivity contribution in [2.24, 2.45) is 5.41 Å². The lowest BCUT2D eigenvalue weighted by molar-refractivity contribution is 0.361. The number of aromatic nitrogens is 3. The van der Waals surface area contributed by atoms with Crippen molar-refractivity contribution >= 4 is 11.6 Å². The number of rotatable bonds is 3. The molecule has 2 heterocycles. The molecule has 2 aromatic heterocycles. The van der Waals surface area contributed by atoms with Crippen molar-refractivity contribution in [3.05, 3.63) is 24.4 Å². The normalized spacial score (nSPS) is 18.6. The molecule has 1 aliphatic carbocycles. The van der Waals surface area contributed by atoms with Gasteiger partial charge in [-0.05, 0) is 30.4 Å². The molecular formula is C13H18N4. The van der Waals surface area contributed by atoms with E-state index in [0.717, 1.165) is 18.1 Å². The monoisotopic (exact) mass is 230 g/mol. The Morgan fingerprint density at radius 2 is 2.18 bits per heavy atom. The molecule has 3 rings (SSSR count). The summed E-state index contributed by atoms with van der Waals surface area (Å²) >= 11 is 0. The lowest BCUT2D eigenvalue weighted by Gasteiger charge is -2.22. The molecular weight excluding hydrogens is 212 g/mol. The van der Waals surface area contributed by atoms with Gasteiger partial charge in [0.25, 0.3) is 0 Å². The number of nitrogens with one attached hydrogen (secondary N) is 1. The highest BCUT2D eigenvalue weighted by atomic mass is 15.3. The quantitative estimate of drug-likeness (QED) is 0.881. The molecule has 0 bridgehead atoms. The Morgan fingerprint density at radius 3 is 2.94 bits per heavy atom. The van der Waals surface area contributed by atoms with Crippen LogP contribution in [0, 0.1) is 5.41 Å². The van der Waals surface area contributed by atoms with Crippen LogP contribution in [-0.2, 0) is 0 Å². The molecule has 0 spiro atoms. The second-order valence-electron chi connectivity index (χ2n) is 5.31. The number of anilines is 1. The molecule has 0 radical (unpaired) electrons. The van der Waals surface area contributed by atoms with Crippen LogP contribution in [0.2, 0.25) is 0 Å². The number of hydrogen-bond acceptors (Lipinski definition) is 3. The number of fused-ring (bicyclic) bond motifs is 1. The summed E-state index contributed by atoms with van der Waals surface area (Å²) < 4.78 is 1.80. The summed E-state index contributed by atoms with van der Waals surface area (Å²) in [7, 11) is 0. The maximum Gasteiger partial charge on any atom is 0.243 e. The summed E-state index contributed by atoms with van der Waals surface area (Å²) in [6.45, 7) is 3.33. The van der Waals surface area contributed by atoms with Gasteiger partial charge in [-0.15, -0.1) is 5.10 Å². The SMILES string of the molecule is CC1(CNc2nc3ccccn3n2)CCCC1. The molecule has 1 saturated carbocycles. The molecule has 1 aliphatic rings. The van der Waals surface area contributed by atoms with E-state index in [9.17, 15) is 0 Å². The third kappa shape index (κ3) is 2.12. The topological polar surface area (TPSA) is 42.2 Å². The van der Waals surface area contributed by atoms with Crippen molar-refractivity contribution in [2.45, 2.75) is 32.6 Å². The molecule has 4 heteroatoms. The fraction of sp³-hybridized carbons (Fsp3) is 0.538. The zero-order valence-corrected chi connectivity index (χ0v) is 10.2. The van der Waals surface area contributed by atoms with E-state index in [4.69, 9.17) is 0 Å². The lowest BCUT2D eigenvalue weighted by Crippen LogP contribution is -2.23. The number of hydrogen-bond donors (Lipinski definition) is 1. The van der Waals surface area contributed by atoms with E-state index < -0.39 is 0 Å². The van der Waals surface area contributed by atoms with Crippen LogP contribution < -0.4 is 5.32 Å². The van der Waals surface area contributed by atoms with Crippen LogP contribution in [-0.4, -0.2) is 21.1 Å². The van der Waals surface area contributed by atoms with Crippen molar-refractivity contribution in [3.8, 4) is 0 Å². The van der Waals surface area contributed by atoms with Gasteiger partial charge in [0.15, 0.2) is 5.65 Å². The van der Waals surface area contributed by atoms with Crippen molar-refractivity contribution in [1.29, 1.82) is 0 Å². The van der Waals surface area contributed by atoms with E-state index in [2.05, 4.69) is 22.3 Å². The summed E-state index contributed by atoms with van der Waals surface area (Å²) in [6.07, 6.45) is 7.26. The molecule has 0 unspecified atom stereocenters. The van der Waals surface area contributed by atoms with Crippen LogP contribution in [0.5, 0.6) is 0 Å². The summed E-state index contributed by atoms with van der Waals surface area (Å²) in [5, 5.41) is 7.77. The fourth-order valence-corrected chi connectivity index (χ4v) is 2.60. The summed E-state index contributed by atoms with van der Waals surface area (Å²) in [6, 6.07) is 5.91. The van der Waals surface area contributed by atoms with Crippen LogP contribution in [0.25, 0.3) is 5.65 Å². The van der Waals surface area contributed by atoms with E-state index in [1.54, 1.807) is 4.52 Å². The highest BCUT2D eigenvalue weighted by Crippen LogP contribution is 2.37. The Morgan fingerprint density at radius 1 is 1.35 bits per heavy atom. The molecule has 4 nitrogen and oxygen atoms in total. The lowest BCUT2D eigenvalue weighted by atomic mass is 9.89. The van der Waals surface area contributed by atoms with E-state index in [-0.39, 0.29) is 0 Å². The van der Waals surface area contributed by atoms with Gasteiger partial charge in [-0.1, -0.05) is 25.8 Å². The average Bonchev–Trinajstić information content (AvgIpc) is 2.93. The minimum atomic E-state index is 0.428. The molecule has 0 atom stereocenters. The smallest absolute Gasteiger partial charge is 0.243 e. The van der Waals surface area contributed by atoms with Crippen LogP contribution >= 0.6 is 0 Å². The van der Waals surface area contributed by atoms with Crippen LogP contribution in [0.15, 0.2) is 24.4 Å². The summed E-state index contributed by atoms with van der Waals surface area (Å²) in [5.41, 5.74) is 1.32. The first kappa shape index (κ1) is 10.6. The highest BCUT2D eigenvalue weighted by molar-refractivity contribution is 5.42. The van der Waals surface area contributed by atoms with Crippen LogP contribution in [0.1, 0.15) is 32.6 Å². The second kappa shape index (κ2) is 4.02. The minimum Gasteiger partial charge on any atom is -0.352 e. The van der Waals surface area contributed by atoms with Crippen molar-refractivity contribution in [3.63, 3.8) is 0 Å². The van der Waals surface area contributed by atoms with Gasteiger partial charge in [0.1, 0.15) is 0 Å². The van der Waals surface area contributed by atoms with E-state index in [1.165, 1.54) is 25.7 Å². The maximum atomic E-state index is 4.45. The first-order chi connectivity index (χ1) is 8.25. The van der Waals surface area contributed by atoms with Gasteiger partial charge in [0.05, 0.1) is 0 Å². The largest absolute Gasteiger partial charge is 0.352 e. The second-order valence-corrected chi connectivity index (χ2v) is 5.31. The van der Waals surface area contributed by atoms with Gasteiger partial charge < -0.3 is 5.32 Å². The molecule has 2 aromatic rings. The van der Waals surface area contributed by atoms with E-state index in [0.29, 0.717) is 5.41 Å². The standard InChI is InChI=1S/C13H18N4/c1-13(7-3-4-8-13)10-14-12-15-11-6-2-5-9-17(11)16-12/h2,5-6,9H,3-4,7-8,10H2,1H3,(H,14,16). The Labute approximate surface area is 101 Å². The van der Waals surface area contributed by atoms with Gasteiger partial charge in [-0.25, -0.2) is 4.52 Å². The molecule has 0 aliphatic heterocycles. The minimum absolute atomic E-state index is 0.428. The van der Waals surface area contributed by atoms with Gasteiger partial charge in [-0.3, -0.25) is 0 Å². The molecule has 1 fully saturated rings. The Balaban J connectivity index is 1.72. The molecule has 0 saturated heterocycles. The molecule has 90 valence electrons. The van der Waals surface area contributed by atoms with Crippen molar-refractivity contribution in [1.82, 2.24) is 14.6 Å². The average molecular weight is 230 g/mol. The zero-order valence-electron chi connectivity index (χ0n) is 10.2. The van der Waals surface area contributed by atoms with E-state index in [1.807, 2.05) is 24.4 Å². The fourth-order valence-electron chi connectivity index (χ4n) is 2.60. The molecule has 0 aromatic carbocycles. The predicted octanol–water partition coefficient (Wildman–Crippen LogP) is 2.72. The van der Waals surface area contributed by atoms with Gasteiger partial charge >= 0.3 is 0 Å². The van der Waals surface area contributed by atoms with Crippen molar-refractivity contribution < 1.29 is 0 Å². The Kier molecular flexibility index (Phi) is 2.50. The van der Waals surface area contributed by atoms with Gasteiger partial charge in [0, 0.05) is 12.7 Å². The third-order valence-corrected chi connectivity index (χ3v) is 3.73. The molecule has 1 N–H and O–H groups in total. The third-order valence-electron chi connectivity index (χ3n) is 3.73. The summed E-state index contributed by atoms with van der Waals surface area (Å²) in [5.74, 6) is 0.740. The Hall–Kier alpha value is -1.58. The zero-order chi connectivity index (χ0) is 11.7. The van der Waals surface area contributed by atoms with Crippen molar-refractivity contribution in [2.75, 3.05) is 11.9 Å².